The minimum absolute atomic E-state index is 0.332. The molecule has 106 valence electrons. The van der Waals surface area contributed by atoms with Crippen LogP contribution in [0.2, 0.25) is 0 Å². The molecule has 0 spiro atoms. The highest BCUT2D eigenvalue weighted by Crippen LogP contribution is 2.14. The normalized spacial score (nSPS) is 12.1. The number of aromatic nitrogens is 2. The van der Waals surface area contributed by atoms with Crippen molar-refractivity contribution < 1.29 is 14.1 Å². The summed E-state index contributed by atoms with van der Waals surface area (Å²) in [4.78, 5) is 16.0. The highest BCUT2D eigenvalue weighted by Gasteiger charge is 2.21. The quantitative estimate of drug-likeness (QED) is 0.807. The van der Waals surface area contributed by atoms with E-state index in [-0.39, 0.29) is 5.97 Å². The molecule has 0 aliphatic heterocycles. The van der Waals surface area contributed by atoms with Crippen molar-refractivity contribution in [3.8, 4) is 0 Å². The summed E-state index contributed by atoms with van der Waals surface area (Å²) in [6.07, 6.45) is 0.687. The van der Waals surface area contributed by atoms with Crippen LogP contribution >= 0.6 is 0 Å². The average molecular weight is 275 g/mol. The molecule has 6 heteroatoms. The van der Waals surface area contributed by atoms with Crippen LogP contribution in [-0.4, -0.2) is 23.2 Å². The molecule has 1 heterocycles. The van der Waals surface area contributed by atoms with Gasteiger partial charge in [-0.25, -0.2) is 4.79 Å². The average Bonchev–Trinajstić information content (AvgIpc) is 2.96. The lowest BCUT2D eigenvalue weighted by Crippen LogP contribution is -2.29. The lowest BCUT2D eigenvalue weighted by Gasteiger charge is -2.15. The summed E-state index contributed by atoms with van der Waals surface area (Å²) in [5.74, 6) is 0.748. The van der Waals surface area contributed by atoms with E-state index in [0.717, 1.165) is 5.56 Å². The van der Waals surface area contributed by atoms with Crippen molar-refractivity contribution in [2.45, 2.75) is 25.9 Å². The molecule has 1 unspecified atom stereocenters. The van der Waals surface area contributed by atoms with Gasteiger partial charge in [-0.05, 0) is 5.56 Å². The van der Waals surface area contributed by atoms with Crippen molar-refractivity contribution in [2.75, 3.05) is 7.11 Å². The highest BCUT2D eigenvalue weighted by atomic mass is 16.5. The van der Waals surface area contributed by atoms with Gasteiger partial charge in [0.25, 0.3) is 0 Å². The van der Waals surface area contributed by atoms with Crippen LogP contribution in [0.15, 0.2) is 34.9 Å². The molecule has 1 aromatic heterocycles. The van der Waals surface area contributed by atoms with E-state index in [0.29, 0.717) is 24.7 Å². The first-order valence-electron chi connectivity index (χ1n) is 6.42. The topological polar surface area (TPSA) is 77.2 Å². The molecule has 0 aliphatic rings. The van der Waals surface area contributed by atoms with Gasteiger partial charge in [0.2, 0.25) is 5.89 Å². The van der Waals surface area contributed by atoms with Gasteiger partial charge in [0.1, 0.15) is 6.04 Å². The first kappa shape index (κ1) is 14.2. The Morgan fingerprint density at radius 3 is 2.75 bits per heavy atom. The Kier molecular flexibility index (Phi) is 4.84. The van der Waals surface area contributed by atoms with Crippen LogP contribution in [0.3, 0.4) is 0 Å². The van der Waals surface area contributed by atoms with Crippen LogP contribution < -0.4 is 5.32 Å². The fraction of sp³-hybridized carbons (Fsp3) is 0.357. The molecular formula is C14H17N3O3. The summed E-state index contributed by atoms with van der Waals surface area (Å²) in [5.41, 5.74) is 0.832. The third-order valence-electron chi connectivity index (χ3n) is 2.85. The number of ether oxygens (including phenoxy) is 1. The third kappa shape index (κ3) is 3.42. The van der Waals surface area contributed by atoms with Gasteiger partial charge >= 0.3 is 5.97 Å². The SMILES string of the molecule is CCc1nc(CNC(C(=O)OC)c2ccccc2)no1. The number of hydrogen-bond donors (Lipinski definition) is 1. The van der Waals surface area contributed by atoms with Gasteiger partial charge in [-0.2, -0.15) is 4.98 Å². The van der Waals surface area contributed by atoms with Gasteiger partial charge in [-0.1, -0.05) is 42.4 Å². The van der Waals surface area contributed by atoms with Gasteiger partial charge in [0, 0.05) is 6.42 Å². The number of benzene rings is 1. The lowest BCUT2D eigenvalue weighted by molar-refractivity contribution is -0.143. The summed E-state index contributed by atoms with van der Waals surface area (Å²) in [7, 11) is 1.36. The maximum atomic E-state index is 11.8. The van der Waals surface area contributed by atoms with Crippen LogP contribution in [0.25, 0.3) is 0 Å². The molecule has 0 amide bonds. The van der Waals surface area contributed by atoms with E-state index in [2.05, 4.69) is 15.5 Å². The molecule has 0 aliphatic carbocycles. The molecule has 0 fully saturated rings. The van der Waals surface area contributed by atoms with Gasteiger partial charge in [0.05, 0.1) is 13.7 Å². The number of nitrogens with zero attached hydrogens (tertiary/aromatic N) is 2. The van der Waals surface area contributed by atoms with Crippen LogP contribution in [0.5, 0.6) is 0 Å². The van der Waals surface area contributed by atoms with Crippen LogP contribution in [-0.2, 0) is 22.5 Å². The van der Waals surface area contributed by atoms with Crippen LogP contribution in [0, 0.1) is 0 Å². The Morgan fingerprint density at radius 2 is 2.15 bits per heavy atom. The summed E-state index contributed by atoms with van der Waals surface area (Å²) >= 11 is 0. The fourth-order valence-corrected chi connectivity index (χ4v) is 1.80. The van der Waals surface area contributed by atoms with E-state index >= 15 is 0 Å². The summed E-state index contributed by atoms with van der Waals surface area (Å²) in [6.45, 7) is 2.27. The third-order valence-corrected chi connectivity index (χ3v) is 2.85. The standard InChI is InChI=1S/C14H17N3O3/c1-3-12-16-11(17-20-12)9-15-13(14(18)19-2)10-7-5-4-6-8-10/h4-8,13,15H,3,9H2,1-2H3. The Bertz CT molecular complexity index is 554. The number of rotatable bonds is 6. The second-order valence-electron chi connectivity index (χ2n) is 4.21. The van der Waals surface area contributed by atoms with E-state index in [4.69, 9.17) is 9.26 Å². The summed E-state index contributed by atoms with van der Waals surface area (Å²) in [5, 5.41) is 6.92. The van der Waals surface area contributed by atoms with E-state index in [9.17, 15) is 4.79 Å². The zero-order valence-corrected chi connectivity index (χ0v) is 11.5. The van der Waals surface area contributed by atoms with E-state index in [1.165, 1.54) is 7.11 Å². The maximum Gasteiger partial charge on any atom is 0.327 e. The van der Waals surface area contributed by atoms with Gasteiger partial charge in [0.15, 0.2) is 5.82 Å². The lowest BCUT2D eigenvalue weighted by atomic mass is 10.1. The first-order valence-corrected chi connectivity index (χ1v) is 6.42. The Hall–Kier alpha value is -2.21. The zero-order valence-electron chi connectivity index (χ0n) is 11.5. The van der Waals surface area contributed by atoms with Crippen molar-refractivity contribution in [3.05, 3.63) is 47.6 Å². The van der Waals surface area contributed by atoms with Crippen molar-refractivity contribution in [2.24, 2.45) is 0 Å². The molecule has 2 aromatic rings. The van der Waals surface area contributed by atoms with Gasteiger partial charge in [-0.15, -0.1) is 0 Å². The predicted molar refractivity (Wildman–Crippen MR) is 71.7 cm³/mol. The minimum atomic E-state index is -0.551. The van der Waals surface area contributed by atoms with Crippen molar-refractivity contribution in [3.63, 3.8) is 0 Å². The summed E-state index contributed by atoms with van der Waals surface area (Å²) in [6, 6.07) is 8.81. The van der Waals surface area contributed by atoms with Crippen LogP contribution in [0.4, 0.5) is 0 Å². The van der Waals surface area contributed by atoms with E-state index in [1.807, 2.05) is 37.3 Å². The smallest absolute Gasteiger partial charge is 0.327 e. The molecule has 0 radical (unpaired) electrons. The van der Waals surface area contributed by atoms with Crippen molar-refractivity contribution in [1.82, 2.24) is 15.5 Å². The second kappa shape index (κ2) is 6.81. The Balaban J connectivity index is 2.07. The largest absolute Gasteiger partial charge is 0.468 e. The molecule has 2 rings (SSSR count). The van der Waals surface area contributed by atoms with Crippen molar-refractivity contribution in [1.29, 1.82) is 0 Å². The molecule has 20 heavy (non-hydrogen) atoms. The first-order chi connectivity index (χ1) is 9.74. The Morgan fingerprint density at radius 1 is 1.40 bits per heavy atom. The minimum Gasteiger partial charge on any atom is -0.468 e. The maximum absolute atomic E-state index is 11.8. The number of carbonyl (C=O) groups is 1. The highest BCUT2D eigenvalue weighted by molar-refractivity contribution is 5.77. The molecule has 1 aromatic carbocycles. The molecule has 0 bridgehead atoms. The number of methoxy groups -OCH3 is 1. The molecule has 0 saturated heterocycles. The van der Waals surface area contributed by atoms with Crippen LogP contribution in [0.1, 0.15) is 30.2 Å². The molecule has 6 nitrogen and oxygen atoms in total. The molecule has 1 atom stereocenters. The van der Waals surface area contributed by atoms with E-state index < -0.39 is 6.04 Å². The molecule has 0 saturated carbocycles. The molecular weight excluding hydrogens is 258 g/mol. The number of esters is 1. The number of carbonyl (C=O) groups excluding carboxylic acids is 1. The number of aryl methyl sites for hydroxylation is 1. The predicted octanol–water partition coefficient (Wildman–Crippen LogP) is 1.64. The summed E-state index contributed by atoms with van der Waals surface area (Å²) < 4.78 is 9.84. The van der Waals surface area contributed by atoms with Crippen molar-refractivity contribution >= 4 is 5.97 Å². The zero-order chi connectivity index (χ0) is 14.4. The van der Waals surface area contributed by atoms with Gasteiger partial charge in [-0.3, -0.25) is 5.32 Å². The Labute approximate surface area is 117 Å². The molecule has 1 N–H and O–H groups in total. The fourth-order valence-electron chi connectivity index (χ4n) is 1.80. The number of hydrogen-bond acceptors (Lipinski definition) is 6. The van der Waals surface area contributed by atoms with Gasteiger partial charge < -0.3 is 9.26 Å². The monoisotopic (exact) mass is 275 g/mol. The number of nitrogens with one attached hydrogen (secondary N) is 1. The second-order valence-corrected chi connectivity index (χ2v) is 4.21. The van der Waals surface area contributed by atoms with E-state index in [1.54, 1.807) is 0 Å².